The summed E-state index contributed by atoms with van der Waals surface area (Å²) >= 11 is 0. The molecule has 0 radical (unpaired) electrons. The summed E-state index contributed by atoms with van der Waals surface area (Å²) in [6, 6.07) is 3.36. The Morgan fingerprint density at radius 2 is 1.94 bits per heavy atom. The van der Waals surface area contributed by atoms with Crippen molar-refractivity contribution < 1.29 is 13.7 Å². The van der Waals surface area contributed by atoms with E-state index in [-0.39, 0.29) is 23.6 Å². The van der Waals surface area contributed by atoms with Crippen LogP contribution in [0.1, 0.15) is 25.8 Å². The lowest BCUT2D eigenvalue weighted by Gasteiger charge is -2.03. The number of rotatable bonds is 4. The normalized spacial score (nSPS) is 11.9. The molecule has 0 unspecified atom stereocenters. The van der Waals surface area contributed by atoms with Crippen LogP contribution in [0.4, 0.5) is 8.78 Å². The fraction of sp³-hybridized carbons (Fsp3) is 0.333. The SMILES string of the molecule is CC(C)CC(=Cc1c(F)cccc1F)[N+](=O)[O-]. The van der Waals surface area contributed by atoms with Gasteiger partial charge in [0.05, 0.1) is 10.5 Å². The van der Waals surface area contributed by atoms with Gasteiger partial charge < -0.3 is 0 Å². The molecular formula is C12H13F2NO2. The van der Waals surface area contributed by atoms with Crippen LogP contribution < -0.4 is 0 Å². The van der Waals surface area contributed by atoms with Crippen LogP contribution in [-0.2, 0) is 0 Å². The highest BCUT2D eigenvalue weighted by Crippen LogP contribution is 2.19. The maximum atomic E-state index is 13.3. The highest BCUT2D eigenvalue weighted by Gasteiger charge is 2.16. The Hall–Kier alpha value is -1.78. The summed E-state index contributed by atoms with van der Waals surface area (Å²) in [6.45, 7) is 3.60. The number of halogens is 2. The number of nitro groups is 1. The van der Waals surface area contributed by atoms with Crippen molar-refractivity contribution >= 4 is 6.08 Å². The molecule has 3 nitrogen and oxygen atoms in total. The molecule has 0 aliphatic heterocycles. The molecule has 5 heteroatoms. The standard InChI is InChI=1S/C12H13F2NO2/c1-8(2)6-9(15(16)17)7-10-11(13)4-3-5-12(10)14/h3-5,7-8H,6H2,1-2H3. The minimum absolute atomic E-state index is 0.0430. The van der Waals surface area contributed by atoms with Crippen molar-refractivity contribution in [2.45, 2.75) is 20.3 Å². The number of hydrogen-bond donors (Lipinski definition) is 0. The van der Waals surface area contributed by atoms with Gasteiger partial charge in [-0.15, -0.1) is 0 Å². The third-order valence-corrected chi connectivity index (χ3v) is 2.16. The minimum Gasteiger partial charge on any atom is -0.259 e. The van der Waals surface area contributed by atoms with Crippen molar-refractivity contribution in [3.05, 3.63) is 51.2 Å². The van der Waals surface area contributed by atoms with Crippen molar-refractivity contribution in [1.82, 2.24) is 0 Å². The van der Waals surface area contributed by atoms with Crippen LogP contribution in [-0.4, -0.2) is 4.92 Å². The zero-order valence-electron chi connectivity index (χ0n) is 9.61. The van der Waals surface area contributed by atoms with Gasteiger partial charge in [0.25, 0.3) is 0 Å². The van der Waals surface area contributed by atoms with Crippen LogP contribution in [0.15, 0.2) is 23.9 Å². The summed E-state index contributed by atoms with van der Waals surface area (Å²) in [5.41, 5.74) is -0.552. The Morgan fingerprint density at radius 3 is 2.35 bits per heavy atom. The second kappa shape index (κ2) is 5.52. The Balaban J connectivity index is 3.17. The van der Waals surface area contributed by atoms with Gasteiger partial charge in [-0.1, -0.05) is 19.9 Å². The van der Waals surface area contributed by atoms with Crippen LogP contribution in [0.5, 0.6) is 0 Å². The summed E-state index contributed by atoms with van der Waals surface area (Å²) in [5, 5.41) is 10.8. The van der Waals surface area contributed by atoms with Gasteiger partial charge in [0.2, 0.25) is 5.70 Å². The van der Waals surface area contributed by atoms with E-state index in [1.54, 1.807) is 13.8 Å². The molecule has 0 aromatic heterocycles. The molecule has 0 amide bonds. The van der Waals surface area contributed by atoms with Gasteiger partial charge in [-0.3, -0.25) is 10.1 Å². The fourth-order valence-electron chi connectivity index (χ4n) is 1.42. The maximum Gasteiger partial charge on any atom is 0.247 e. The zero-order chi connectivity index (χ0) is 13.0. The van der Waals surface area contributed by atoms with Crippen LogP contribution in [0, 0.1) is 27.7 Å². The molecule has 0 spiro atoms. The molecule has 0 atom stereocenters. The van der Waals surface area contributed by atoms with E-state index < -0.39 is 16.6 Å². The Labute approximate surface area is 97.9 Å². The largest absolute Gasteiger partial charge is 0.259 e. The molecule has 17 heavy (non-hydrogen) atoms. The van der Waals surface area contributed by atoms with Crippen molar-refractivity contribution in [1.29, 1.82) is 0 Å². The molecule has 0 heterocycles. The van der Waals surface area contributed by atoms with Crippen molar-refractivity contribution in [2.24, 2.45) is 5.92 Å². The second-order valence-electron chi connectivity index (χ2n) is 4.13. The van der Waals surface area contributed by atoms with Crippen molar-refractivity contribution in [3.63, 3.8) is 0 Å². The van der Waals surface area contributed by atoms with Gasteiger partial charge in [-0.25, -0.2) is 8.78 Å². The molecule has 0 saturated heterocycles. The number of allylic oxidation sites excluding steroid dienone is 1. The molecule has 0 saturated carbocycles. The smallest absolute Gasteiger partial charge is 0.247 e. The molecule has 0 fully saturated rings. The van der Waals surface area contributed by atoms with E-state index in [0.29, 0.717) is 0 Å². The summed E-state index contributed by atoms with van der Waals surface area (Å²) in [7, 11) is 0. The van der Waals surface area contributed by atoms with Crippen LogP contribution >= 0.6 is 0 Å². The van der Waals surface area contributed by atoms with Crippen LogP contribution in [0.2, 0.25) is 0 Å². The van der Waals surface area contributed by atoms with Gasteiger partial charge in [-0.05, 0) is 18.1 Å². The lowest BCUT2D eigenvalue weighted by atomic mass is 10.1. The Kier molecular flexibility index (Phi) is 4.31. The van der Waals surface area contributed by atoms with E-state index in [9.17, 15) is 18.9 Å². The third kappa shape index (κ3) is 3.62. The van der Waals surface area contributed by atoms with Crippen molar-refractivity contribution in [2.75, 3.05) is 0 Å². The summed E-state index contributed by atoms with van der Waals surface area (Å²) in [6.07, 6.45) is 1.13. The first-order chi connectivity index (χ1) is 7.91. The lowest BCUT2D eigenvalue weighted by molar-refractivity contribution is -0.427. The topological polar surface area (TPSA) is 43.1 Å². The molecule has 0 aliphatic carbocycles. The predicted molar refractivity (Wildman–Crippen MR) is 60.8 cm³/mol. The summed E-state index contributed by atoms with van der Waals surface area (Å²) in [4.78, 5) is 10.1. The van der Waals surface area contributed by atoms with Crippen molar-refractivity contribution in [3.8, 4) is 0 Å². The zero-order valence-corrected chi connectivity index (χ0v) is 9.61. The average Bonchev–Trinajstić information content (AvgIpc) is 2.21. The highest BCUT2D eigenvalue weighted by molar-refractivity contribution is 5.52. The van der Waals surface area contributed by atoms with Crippen LogP contribution in [0.25, 0.3) is 6.08 Å². The van der Waals surface area contributed by atoms with E-state index in [4.69, 9.17) is 0 Å². The molecule has 1 rings (SSSR count). The Bertz CT molecular complexity index is 436. The first-order valence-corrected chi connectivity index (χ1v) is 5.20. The van der Waals surface area contributed by atoms with Gasteiger partial charge in [0.15, 0.2) is 0 Å². The third-order valence-electron chi connectivity index (χ3n) is 2.16. The molecular weight excluding hydrogens is 228 g/mol. The first-order valence-electron chi connectivity index (χ1n) is 5.20. The lowest BCUT2D eigenvalue weighted by Crippen LogP contribution is -2.03. The molecule has 0 N–H and O–H groups in total. The highest BCUT2D eigenvalue weighted by atomic mass is 19.1. The van der Waals surface area contributed by atoms with Gasteiger partial charge in [-0.2, -0.15) is 0 Å². The quantitative estimate of drug-likeness (QED) is 0.596. The monoisotopic (exact) mass is 241 g/mol. The second-order valence-corrected chi connectivity index (χ2v) is 4.13. The van der Waals surface area contributed by atoms with Crippen LogP contribution in [0.3, 0.4) is 0 Å². The first kappa shape index (κ1) is 13.3. The van der Waals surface area contributed by atoms with Gasteiger partial charge >= 0.3 is 0 Å². The molecule has 0 bridgehead atoms. The van der Waals surface area contributed by atoms with E-state index >= 15 is 0 Å². The molecule has 1 aromatic rings. The number of hydrogen-bond acceptors (Lipinski definition) is 2. The summed E-state index contributed by atoms with van der Waals surface area (Å²) in [5.74, 6) is -1.55. The van der Waals surface area contributed by atoms with Gasteiger partial charge in [0, 0.05) is 12.5 Å². The number of benzene rings is 1. The maximum absolute atomic E-state index is 13.3. The van der Waals surface area contributed by atoms with E-state index in [2.05, 4.69) is 0 Å². The molecule has 0 aliphatic rings. The molecule has 1 aromatic carbocycles. The summed E-state index contributed by atoms with van der Waals surface area (Å²) < 4.78 is 26.6. The predicted octanol–water partition coefficient (Wildman–Crippen LogP) is 3.63. The molecule has 92 valence electrons. The number of nitrogens with zero attached hydrogens (tertiary/aromatic N) is 1. The average molecular weight is 241 g/mol. The van der Waals surface area contributed by atoms with E-state index in [1.165, 1.54) is 6.07 Å². The fourth-order valence-corrected chi connectivity index (χ4v) is 1.42. The minimum atomic E-state index is -0.798. The van der Waals surface area contributed by atoms with E-state index in [0.717, 1.165) is 18.2 Å². The Morgan fingerprint density at radius 1 is 1.41 bits per heavy atom. The van der Waals surface area contributed by atoms with Gasteiger partial charge in [0.1, 0.15) is 11.6 Å². The van der Waals surface area contributed by atoms with E-state index in [1.807, 2.05) is 0 Å².